The standard InChI is InChI=1S/C14H13N5O4S/c20-14(10-3-2-6-15-9-10)16-7-8-17-24(21,22)12-5-1-4-11-13(12)19-23-18-11/h1-6,9,17H,7-8H2,(H,16,20). The van der Waals surface area contributed by atoms with Crippen LogP contribution in [0.25, 0.3) is 11.0 Å². The summed E-state index contributed by atoms with van der Waals surface area (Å²) >= 11 is 0. The fourth-order valence-electron chi connectivity index (χ4n) is 2.04. The minimum atomic E-state index is -3.80. The van der Waals surface area contributed by atoms with E-state index in [2.05, 4.69) is 30.0 Å². The number of aromatic nitrogens is 3. The van der Waals surface area contributed by atoms with E-state index in [0.29, 0.717) is 11.1 Å². The second-order valence-electron chi connectivity index (χ2n) is 4.78. The predicted octanol–water partition coefficient (Wildman–Crippen LogP) is 0.326. The van der Waals surface area contributed by atoms with Gasteiger partial charge in [0, 0.05) is 25.5 Å². The molecule has 0 aliphatic carbocycles. The molecule has 3 aromatic rings. The lowest BCUT2D eigenvalue weighted by atomic mass is 10.3. The quantitative estimate of drug-likeness (QED) is 0.615. The van der Waals surface area contributed by atoms with Crippen molar-refractivity contribution in [1.29, 1.82) is 0 Å². The molecule has 9 nitrogen and oxygen atoms in total. The number of amides is 1. The molecule has 124 valence electrons. The lowest BCUT2D eigenvalue weighted by molar-refractivity contribution is 0.0954. The molecule has 2 heterocycles. The molecule has 0 aliphatic rings. The molecule has 0 saturated carbocycles. The van der Waals surface area contributed by atoms with Gasteiger partial charge in [0.15, 0.2) is 5.52 Å². The number of benzene rings is 1. The molecule has 10 heteroatoms. The Balaban J connectivity index is 1.60. The zero-order valence-electron chi connectivity index (χ0n) is 12.3. The highest BCUT2D eigenvalue weighted by Crippen LogP contribution is 2.19. The molecule has 24 heavy (non-hydrogen) atoms. The van der Waals surface area contributed by atoms with Crippen LogP contribution in [0.3, 0.4) is 0 Å². The molecule has 3 rings (SSSR count). The number of fused-ring (bicyclic) bond motifs is 1. The van der Waals surface area contributed by atoms with Gasteiger partial charge >= 0.3 is 0 Å². The summed E-state index contributed by atoms with van der Waals surface area (Å²) in [5.74, 6) is -0.329. The highest BCUT2D eigenvalue weighted by Gasteiger charge is 2.19. The van der Waals surface area contributed by atoms with Crippen LogP contribution in [0.5, 0.6) is 0 Å². The highest BCUT2D eigenvalue weighted by atomic mass is 32.2. The minimum Gasteiger partial charge on any atom is -0.351 e. The average Bonchev–Trinajstić information content (AvgIpc) is 3.08. The number of nitrogens with one attached hydrogen (secondary N) is 2. The topological polar surface area (TPSA) is 127 Å². The Morgan fingerprint density at radius 1 is 1.12 bits per heavy atom. The highest BCUT2D eigenvalue weighted by molar-refractivity contribution is 7.89. The summed E-state index contributed by atoms with van der Waals surface area (Å²) < 4.78 is 31.6. The van der Waals surface area contributed by atoms with Crippen molar-refractivity contribution in [2.24, 2.45) is 0 Å². The Kier molecular flexibility index (Phi) is 4.49. The Bertz CT molecular complexity index is 955. The van der Waals surface area contributed by atoms with E-state index in [9.17, 15) is 13.2 Å². The van der Waals surface area contributed by atoms with E-state index in [1.807, 2.05) is 0 Å². The molecule has 0 spiro atoms. The molecule has 1 aromatic carbocycles. The number of rotatable bonds is 6. The maximum atomic E-state index is 12.3. The molecule has 0 aliphatic heterocycles. The lowest BCUT2D eigenvalue weighted by Crippen LogP contribution is -2.34. The van der Waals surface area contributed by atoms with Crippen LogP contribution in [0.2, 0.25) is 0 Å². The summed E-state index contributed by atoms with van der Waals surface area (Å²) in [5.41, 5.74) is 0.908. The van der Waals surface area contributed by atoms with Gasteiger partial charge in [-0.25, -0.2) is 17.8 Å². The van der Waals surface area contributed by atoms with E-state index in [1.54, 1.807) is 30.5 Å². The van der Waals surface area contributed by atoms with Crippen molar-refractivity contribution in [3.05, 3.63) is 48.3 Å². The Hall–Kier alpha value is -2.85. The van der Waals surface area contributed by atoms with Gasteiger partial charge < -0.3 is 5.32 Å². The van der Waals surface area contributed by atoms with Crippen LogP contribution in [0.4, 0.5) is 0 Å². The van der Waals surface area contributed by atoms with Gasteiger partial charge in [-0.2, -0.15) is 0 Å². The van der Waals surface area contributed by atoms with Crippen molar-refractivity contribution in [2.45, 2.75) is 4.90 Å². The molecule has 2 aromatic heterocycles. The summed E-state index contributed by atoms with van der Waals surface area (Å²) in [4.78, 5) is 15.6. The van der Waals surface area contributed by atoms with Gasteiger partial charge in [0.25, 0.3) is 5.91 Å². The fraction of sp³-hybridized carbons (Fsp3) is 0.143. The number of carbonyl (C=O) groups is 1. The van der Waals surface area contributed by atoms with Crippen LogP contribution in [0.1, 0.15) is 10.4 Å². The lowest BCUT2D eigenvalue weighted by Gasteiger charge is -2.08. The first-order valence-electron chi connectivity index (χ1n) is 6.97. The third-order valence-electron chi connectivity index (χ3n) is 3.16. The van der Waals surface area contributed by atoms with E-state index in [4.69, 9.17) is 0 Å². The van der Waals surface area contributed by atoms with E-state index in [1.165, 1.54) is 12.3 Å². The maximum absolute atomic E-state index is 12.3. The SMILES string of the molecule is O=C(NCCNS(=O)(=O)c1cccc2nonc12)c1cccnc1. The molecule has 0 unspecified atom stereocenters. The normalized spacial score (nSPS) is 11.5. The summed E-state index contributed by atoms with van der Waals surface area (Å²) in [6.45, 7) is 0.149. The first kappa shape index (κ1) is 16.0. The van der Waals surface area contributed by atoms with E-state index in [-0.39, 0.29) is 29.4 Å². The molecular formula is C14H13N5O4S. The van der Waals surface area contributed by atoms with Gasteiger partial charge in [0.2, 0.25) is 10.0 Å². The Morgan fingerprint density at radius 2 is 2.00 bits per heavy atom. The van der Waals surface area contributed by atoms with Crippen molar-refractivity contribution in [1.82, 2.24) is 25.3 Å². The van der Waals surface area contributed by atoms with Crippen LogP contribution in [0.15, 0.2) is 52.3 Å². The first-order valence-corrected chi connectivity index (χ1v) is 8.45. The van der Waals surface area contributed by atoms with Crippen LogP contribution < -0.4 is 10.0 Å². The second kappa shape index (κ2) is 6.72. The van der Waals surface area contributed by atoms with E-state index >= 15 is 0 Å². The monoisotopic (exact) mass is 347 g/mol. The molecule has 1 amide bonds. The van der Waals surface area contributed by atoms with Crippen molar-refractivity contribution >= 4 is 27.0 Å². The zero-order chi connectivity index (χ0) is 17.0. The minimum absolute atomic E-state index is 0.0238. The largest absolute Gasteiger partial charge is 0.351 e. The fourth-order valence-corrected chi connectivity index (χ4v) is 3.22. The van der Waals surface area contributed by atoms with Gasteiger partial charge in [-0.1, -0.05) is 6.07 Å². The first-order chi connectivity index (χ1) is 11.6. The third kappa shape index (κ3) is 3.39. The van der Waals surface area contributed by atoms with Crippen LogP contribution >= 0.6 is 0 Å². The second-order valence-corrected chi connectivity index (χ2v) is 6.52. The maximum Gasteiger partial charge on any atom is 0.252 e. The smallest absolute Gasteiger partial charge is 0.252 e. The summed E-state index contributed by atoms with van der Waals surface area (Å²) in [6.07, 6.45) is 2.99. The average molecular weight is 347 g/mol. The van der Waals surface area contributed by atoms with Gasteiger partial charge in [0.05, 0.1) is 5.56 Å². The van der Waals surface area contributed by atoms with Crippen molar-refractivity contribution in [2.75, 3.05) is 13.1 Å². The molecule has 2 N–H and O–H groups in total. The number of hydrogen-bond donors (Lipinski definition) is 2. The zero-order valence-corrected chi connectivity index (χ0v) is 13.2. The number of sulfonamides is 1. The molecule has 0 atom stereocenters. The molecular weight excluding hydrogens is 334 g/mol. The van der Waals surface area contributed by atoms with Crippen molar-refractivity contribution < 1.29 is 17.8 Å². The number of carbonyl (C=O) groups excluding carboxylic acids is 1. The van der Waals surface area contributed by atoms with Gasteiger partial charge in [-0.05, 0) is 34.6 Å². The van der Waals surface area contributed by atoms with Crippen molar-refractivity contribution in [3.8, 4) is 0 Å². The third-order valence-corrected chi connectivity index (χ3v) is 4.66. The van der Waals surface area contributed by atoms with Crippen LogP contribution in [0, 0.1) is 0 Å². The molecule has 0 bridgehead atoms. The van der Waals surface area contributed by atoms with Crippen LogP contribution in [-0.4, -0.2) is 42.7 Å². The summed E-state index contributed by atoms with van der Waals surface area (Å²) in [6, 6.07) is 7.81. The number of hydrogen-bond acceptors (Lipinski definition) is 7. The number of nitrogens with zero attached hydrogens (tertiary/aromatic N) is 3. The van der Waals surface area contributed by atoms with Gasteiger partial charge in [-0.3, -0.25) is 9.78 Å². The van der Waals surface area contributed by atoms with E-state index < -0.39 is 10.0 Å². The Labute approximate surface area is 137 Å². The number of pyridine rings is 1. The van der Waals surface area contributed by atoms with Gasteiger partial charge in [0.1, 0.15) is 10.4 Å². The Morgan fingerprint density at radius 3 is 2.79 bits per heavy atom. The molecule has 0 fully saturated rings. The van der Waals surface area contributed by atoms with E-state index in [0.717, 1.165) is 0 Å². The molecule has 0 radical (unpaired) electrons. The summed E-state index contributed by atoms with van der Waals surface area (Å²) in [5, 5.41) is 9.81. The van der Waals surface area contributed by atoms with Crippen molar-refractivity contribution in [3.63, 3.8) is 0 Å². The predicted molar refractivity (Wildman–Crippen MR) is 83.6 cm³/mol. The summed E-state index contributed by atoms with van der Waals surface area (Å²) in [7, 11) is -3.80. The van der Waals surface area contributed by atoms with Gasteiger partial charge in [-0.15, -0.1) is 0 Å². The van der Waals surface area contributed by atoms with Crippen LogP contribution in [-0.2, 0) is 10.0 Å². The molecule has 0 saturated heterocycles.